The number of nitrogens with zero attached hydrogens (tertiary/aromatic N) is 1. The number of hydrogen-bond donors (Lipinski definition) is 0. The van der Waals surface area contributed by atoms with Crippen LogP contribution in [0.15, 0.2) is 46.3 Å². The molecule has 2 nitrogen and oxygen atoms in total. The zero-order chi connectivity index (χ0) is 15.1. The summed E-state index contributed by atoms with van der Waals surface area (Å²) in [4.78, 5) is 16.4. The van der Waals surface area contributed by atoms with Gasteiger partial charge in [-0.1, -0.05) is 40.2 Å². The number of hydrogen-bond acceptors (Lipinski definition) is 2. The highest BCUT2D eigenvalue weighted by atomic mass is 79.9. The van der Waals surface area contributed by atoms with Gasteiger partial charge >= 0.3 is 0 Å². The summed E-state index contributed by atoms with van der Waals surface area (Å²) in [6, 6.07) is 12.9. The summed E-state index contributed by atoms with van der Waals surface area (Å²) in [6.07, 6.45) is 3.23. The van der Waals surface area contributed by atoms with E-state index >= 15 is 0 Å². The molecule has 1 saturated heterocycles. The third-order valence-electron chi connectivity index (χ3n) is 4.82. The number of likely N-dealkylation sites (tertiary alicyclic amines) is 1. The van der Waals surface area contributed by atoms with Gasteiger partial charge in [-0.3, -0.25) is 4.79 Å². The summed E-state index contributed by atoms with van der Waals surface area (Å²) in [5.74, 6) is 0.934. The molecule has 2 heterocycles. The fourth-order valence-electron chi connectivity index (χ4n) is 3.61. The highest BCUT2D eigenvalue weighted by Crippen LogP contribution is 2.52. The van der Waals surface area contributed by atoms with Gasteiger partial charge in [0.15, 0.2) is 0 Å². The molecule has 2 fully saturated rings. The highest BCUT2D eigenvalue weighted by molar-refractivity contribution is 9.10. The number of carbonyl (C=O) groups is 1. The van der Waals surface area contributed by atoms with Crippen molar-refractivity contribution in [3.8, 4) is 0 Å². The zero-order valence-corrected chi connectivity index (χ0v) is 14.6. The van der Waals surface area contributed by atoms with Crippen LogP contribution in [0.4, 0.5) is 0 Å². The maximum Gasteiger partial charge on any atom is 0.226 e. The smallest absolute Gasteiger partial charge is 0.226 e. The van der Waals surface area contributed by atoms with Crippen LogP contribution in [0.3, 0.4) is 0 Å². The first-order valence-corrected chi connectivity index (χ1v) is 9.51. The lowest BCUT2D eigenvalue weighted by atomic mass is 10.1. The van der Waals surface area contributed by atoms with Gasteiger partial charge in [-0.15, -0.1) is 11.3 Å². The van der Waals surface area contributed by atoms with Crippen molar-refractivity contribution >= 4 is 33.2 Å². The van der Waals surface area contributed by atoms with Crippen molar-refractivity contribution in [2.75, 3.05) is 6.54 Å². The summed E-state index contributed by atoms with van der Waals surface area (Å²) in [7, 11) is 0. The molecule has 0 bridgehead atoms. The molecule has 2 aromatic rings. The minimum Gasteiger partial charge on any atom is -0.335 e. The second-order valence-corrected chi connectivity index (χ2v) is 8.01. The lowest BCUT2D eigenvalue weighted by Crippen LogP contribution is -2.31. The number of thiophene rings is 1. The van der Waals surface area contributed by atoms with Gasteiger partial charge in [-0.25, -0.2) is 0 Å². The van der Waals surface area contributed by atoms with Crippen LogP contribution >= 0.6 is 27.3 Å². The maximum absolute atomic E-state index is 12.9. The van der Waals surface area contributed by atoms with Crippen LogP contribution in [0.5, 0.6) is 0 Å². The van der Waals surface area contributed by atoms with Gasteiger partial charge in [0.2, 0.25) is 5.91 Å². The summed E-state index contributed by atoms with van der Waals surface area (Å²) in [5.41, 5.74) is 1.28. The van der Waals surface area contributed by atoms with Crippen molar-refractivity contribution in [1.29, 1.82) is 0 Å². The third-order valence-corrected chi connectivity index (χ3v) is 6.52. The van der Waals surface area contributed by atoms with E-state index in [1.54, 1.807) is 11.3 Å². The van der Waals surface area contributed by atoms with E-state index in [1.165, 1.54) is 10.4 Å². The normalized spacial score (nSPS) is 27.1. The van der Waals surface area contributed by atoms with E-state index in [0.717, 1.165) is 30.3 Å². The van der Waals surface area contributed by atoms with Gasteiger partial charge in [0.1, 0.15) is 0 Å². The highest BCUT2D eigenvalue weighted by Gasteiger charge is 2.48. The van der Waals surface area contributed by atoms with Crippen LogP contribution in [0.25, 0.3) is 0 Å². The minimum atomic E-state index is 0.180. The maximum atomic E-state index is 12.9. The summed E-state index contributed by atoms with van der Waals surface area (Å²) in [5, 5.41) is 2.11. The molecule has 114 valence electrons. The summed E-state index contributed by atoms with van der Waals surface area (Å²) in [6.45, 7) is 0.917. The first kappa shape index (κ1) is 14.5. The fraction of sp³-hybridized carbons (Fsp3) is 0.389. The Morgan fingerprint density at radius 2 is 2.09 bits per heavy atom. The van der Waals surface area contributed by atoms with Crippen molar-refractivity contribution in [2.24, 2.45) is 5.92 Å². The third kappa shape index (κ3) is 2.52. The van der Waals surface area contributed by atoms with E-state index in [2.05, 4.69) is 56.5 Å². The minimum absolute atomic E-state index is 0.180. The van der Waals surface area contributed by atoms with Gasteiger partial charge in [0, 0.05) is 21.8 Å². The molecule has 1 aliphatic carbocycles. The van der Waals surface area contributed by atoms with E-state index in [9.17, 15) is 4.79 Å². The van der Waals surface area contributed by atoms with Gasteiger partial charge in [-0.2, -0.15) is 0 Å². The molecule has 1 aliphatic heterocycles. The topological polar surface area (TPSA) is 20.3 Å². The molecule has 2 aliphatic rings. The van der Waals surface area contributed by atoms with Crippen molar-refractivity contribution in [2.45, 2.75) is 31.2 Å². The monoisotopic (exact) mass is 375 g/mol. The Labute approximate surface area is 143 Å². The Hall–Kier alpha value is -1.13. The lowest BCUT2D eigenvalue weighted by molar-refractivity contribution is -0.133. The van der Waals surface area contributed by atoms with E-state index in [4.69, 9.17) is 0 Å². The van der Waals surface area contributed by atoms with Crippen LogP contribution in [-0.2, 0) is 4.79 Å². The first-order chi connectivity index (χ1) is 10.8. The Balaban J connectivity index is 1.50. The molecular formula is C18H18BrNOS. The molecule has 22 heavy (non-hydrogen) atoms. The molecule has 1 aromatic heterocycles. The predicted octanol–water partition coefficient (Wildman–Crippen LogP) is 4.98. The van der Waals surface area contributed by atoms with Crippen LogP contribution in [0.2, 0.25) is 0 Å². The lowest BCUT2D eigenvalue weighted by Gasteiger charge is -2.24. The van der Waals surface area contributed by atoms with Crippen LogP contribution < -0.4 is 0 Å². The SMILES string of the molecule is O=C([C@@H]1C[C@H]1c1ccccc1Br)N1CCC[C@H]1c1cccs1. The molecule has 3 atom stereocenters. The Morgan fingerprint density at radius 1 is 1.23 bits per heavy atom. The number of carbonyl (C=O) groups excluding carboxylic acids is 1. The van der Waals surface area contributed by atoms with E-state index in [-0.39, 0.29) is 5.92 Å². The summed E-state index contributed by atoms with van der Waals surface area (Å²) < 4.78 is 1.13. The van der Waals surface area contributed by atoms with Crippen LogP contribution in [-0.4, -0.2) is 17.4 Å². The Morgan fingerprint density at radius 3 is 2.86 bits per heavy atom. The molecular weight excluding hydrogens is 358 g/mol. The second-order valence-electron chi connectivity index (χ2n) is 6.18. The van der Waals surface area contributed by atoms with Gasteiger partial charge in [-0.05, 0) is 48.3 Å². The van der Waals surface area contributed by atoms with Crippen molar-refractivity contribution in [3.63, 3.8) is 0 Å². The van der Waals surface area contributed by atoms with E-state index in [0.29, 0.717) is 17.9 Å². The molecule has 1 saturated carbocycles. The first-order valence-electron chi connectivity index (χ1n) is 7.84. The molecule has 4 rings (SSSR count). The molecule has 0 radical (unpaired) electrons. The predicted molar refractivity (Wildman–Crippen MR) is 93.0 cm³/mol. The molecule has 1 amide bonds. The molecule has 0 N–H and O–H groups in total. The van der Waals surface area contributed by atoms with Crippen molar-refractivity contribution < 1.29 is 4.79 Å². The second kappa shape index (κ2) is 5.82. The number of benzene rings is 1. The number of rotatable bonds is 3. The largest absolute Gasteiger partial charge is 0.335 e. The molecule has 4 heteroatoms. The van der Waals surface area contributed by atoms with Gasteiger partial charge in [0.25, 0.3) is 0 Å². The average Bonchev–Trinajstić information content (AvgIpc) is 2.93. The fourth-order valence-corrected chi connectivity index (χ4v) is 5.06. The Kier molecular flexibility index (Phi) is 3.82. The Bertz CT molecular complexity index is 684. The zero-order valence-electron chi connectivity index (χ0n) is 12.2. The molecule has 0 unspecified atom stereocenters. The van der Waals surface area contributed by atoms with Crippen LogP contribution in [0.1, 0.15) is 41.7 Å². The van der Waals surface area contributed by atoms with Gasteiger partial charge < -0.3 is 4.90 Å². The quantitative estimate of drug-likeness (QED) is 0.740. The standard InChI is InChI=1S/C18H18BrNOS/c19-15-6-2-1-5-12(15)13-11-14(13)18(21)20-9-3-7-16(20)17-8-4-10-22-17/h1-2,4-6,8,10,13-14,16H,3,7,9,11H2/t13-,14+,16-/m0/s1. The molecule has 1 aromatic carbocycles. The van der Waals surface area contributed by atoms with E-state index < -0.39 is 0 Å². The van der Waals surface area contributed by atoms with E-state index in [1.807, 2.05) is 6.07 Å². The number of amides is 1. The van der Waals surface area contributed by atoms with Crippen LogP contribution in [0, 0.1) is 5.92 Å². The average molecular weight is 376 g/mol. The van der Waals surface area contributed by atoms with Crippen molar-refractivity contribution in [1.82, 2.24) is 4.90 Å². The van der Waals surface area contributed by atoms with Gasteiger partial charge in [0.05, 0.1) is 6.04 Å². The summed E-state index contributed by atoms with van der Waals surface area (Å²) >= 11 is 5.39. The number of halogens is 1. The molecule has 0 spiro atoms. The van der Waals surface area contributed by atoms with Crippen molar-refractivity contribution in [3.05, 3.63) is 56.7 Å².